The number of nitrogens with zero attached hydrogens (tertiary/aromatic N) is 3. The molecule has 0 saturated carbocycles. The van der Waals surface area contributed by atoms with E-state index in [1.807, 2.05) is 67.6 Å². The van der Waals surface area contributed by atoms with Crippen LogP contribution in [0.2, 0.25) is 0 Å². The second-order valence-corrected chi connectivity index (χ2v) is 8.91. The molecule has 3 aliphatic rings. The molecule has 5 rings (SSSR count). The number of hydrogen-bond acceptors (Lipinski definition) is 6. The third-order valence-corrected chi connectivity index (χ3v) is 7.03. The van der Waals surface area contributed by atoms with Crippen molar-refractivity contribution in [2.45, 2.75) is 31.7 Å². The maximum Gasteiger partial charge on any atom is 0.416 e. The van der Waals surface area contributed by atoms with E-state index in [0.717, 1.165) is 16.9 Å². The number of carbonyl (C=O) groups excluding carboxylic acids is 3. The van der Waals surface area contributed by atoms with Gasteiger partial charge in [0.05, 0.1) is 22.9 Å². The first-order valence-corrected chi connectivity index (χ1v) is 11.7. The monoisotopic (exact) mass is 476 g/mol. The molecule has 3 aliphatic heterocycles. The number of amides is 3. The van der Waals surface area contributed by atoms with E-state index in [1.165, 1.54) is 5.01 Å². The normalized spacial score (nSPS) is 26.1. The number of rotatable bonds is 5. The second kappa shape index (κ2) is 8.64. The molecule has 0 bridgehead atoms. The van der Waals surface area contributed by atoms with E-state index in [-0.39, 0.29) is 24.0 Å². The number of hydrazone groups is 1. The zero-order chi connectivity index (χ0) is 23.9. The van der Waals surface area contributed by atoms with Gasteiger partial charge in [-0.2, -0.15) is 10.1 Å². The van der Waals surface area contributed by atoms with Crippen LogP contribution in [0.4, 0.5) is 10.5 Å². The smallest absolute Gasteiger partial charge is 0.416 e. The number of nitrogens with one attached hydrogen (secondary N) is 1. The molecule has 2 fully saturated rings. The van der Waals surface area contributed by atoms with Crippen molar-refractivity contribution in [1.82, 2.24) is 10.2 Å². The highest BCUT2D eigenvalue weighted by molar-refractivity contribution is 7.80. The van der Waals surface area contributed by atoms with E-state index in [2.05, 4.69) is 5.32 Å². The summed E-state index contributed by atoms with van der Waals surface area (Å²) in [5, 5.41) is 9.28. The zero-order valence-electron chi connectivity index (χ0n) is 18.6. The van der Waals surface area contributed by atoms with Crippen molar-refractivity contribution in [2.75, 3.05) is 18.2 Å². The van der Waals surface area contributed by atoms with Crippen LogP contribution in [0, 0.1) is 5.41 Å². The van der Waals surface area contributed by atoms with E-state index in [0.29, 0.717) is 17.8 Å². The largest absolute Gasteiger partial charge is 0.447 e. The molecule has 0 aliphatic carbocycles. The van der Waals surface area contributed by atoms with Gasteiger partial charge in [-0.3, -0.25) is 9.59 Å². The van der Waals surface area contributed by atoms with Gasteiger partial charge in [-0.05, 0) is 24.1 Å². The standard InChI is InChI=1S/C25H24N4O4S/c1-2-9-18-25(23(31)29(27-18)17-12-7-4-8-13-17)19(16-10-5-3-6-11-16)20(26-22(25)34)21(30)28-14-15-33-24(28)32/h3-8,10-13,19-20H,2,9,14-15H2,1H3,(H,26,34)/t19-,20-,25+/m0/s1. The number of para-hydroxylation sites is 1. The average Bonchev–Trinajstić information content (AvgIpc) is 3.51. The van der Waals surface area contributed by atoms with E-state index >= 15 is 0 Å². The Hall–Kier alpha value is -3.59. The molecule has 1 N–H and O–H groups in total. The number of carbonyl (C=O) groups is 3. The Balaban J connectivity index is 1.66. The summed E-state index contributed by atoms with van der Waals surface area (Å²) in [6.45, 7) is 2.32. The van der Waals surface area contributed by atoms with Gasteiger partial charge in [-0.25, -0.2) is 9.69 Å². The fourth-order valence-corrected chi connectivity index (χ4v) is 5.56. The van der Waals surface area contributed by atoms with Gasteiger partial charge in [-0.1, -0.05) is 74.1 Å². The molecule has 1 spiro atoms. The Labute approximate surface area is 202 Å². The molecule has 0 aromatic heterocycles. The molecule has 3 heterocycles. The SMILES string of the molecule is CCCC1=NN(c2ccccc2)C(=O)[C@]12C(=S)N[C@H](C(=O)N1CCOC1=O)[C@@H]2c1ccccc1. The summed E-state index contributed by atoms with van der Waals surface area (Å²) in [5.41, 5.74) is 0.694. The molecule has 0 unspecified atom stereocenters. The van der Waals surface area contributed by atoms with Gasteiger partial charge in [0.1, 0.15) is 12.6 Å². The van der Waals surface area contributed by atoms with Crippen LogP contribution in [0.1, 0.15) is 31.2 Å². The Morgan fingerprint density at radius 2 is 1.82 bits per heavy atom. The fourth-order valence-electron chi connectivity index (χ4n) is 5.10. The van der Waals surface area contributed by atoms with Crippen molar-refractivity contribution in [3.05, 3.63) is 66.2 Å². The summed E-state index contributed by atoms with van der Waals surface area (Å²) in [6, 6.07) is 17.6. The molecule has 3 amide bonds. The third kappa shape index (κ3) is 3.22. The number of ether oxygens (including phenoxy) is 1. The van der Waals surface area contributed by atoms with Gasteiger partial charge in [0.15, 0.2) is 5.41 Å². The Morgan fingerprint density at radius 1 is 1.15 bits per heavy atom. The zero-order valence-corrected chi connectivity index (χ0v) is 19.5. The number of imide groups is 1. The lowest BCUT2D eigenvalue weighted by Crippen LogP contribution is -2.49. The van der Waals surface area contributed by atoms with E-state index in [1.54, 1.807) is 0 Å². The van der Waals surface area contributed by atoms with E-state index < -0.39 is 29.4 Å². The average molecular weight is 477 g/mol. The van der Waals surface area contributed by atoms with Gasteiger partial charge in [0.2, 0.25) is 0 Å². The van der Waals surface area contributed by atoms with Crippen molar-refractivity contribution < 1.29 is 19.1 Å². The lowest BCUT2D eigenvalue weighted by molar-refractivity contribution is -0.130. The molecule has 2 aromatic rings. The Kier molecular flexibility index (Phi) is 5.65. The number of thiocarbonyl (C=S) groups is 1. The number of benzene rings is 2. The molecular formula is C25H24N4O4S. The number of anilines is 1. The van der Waals surface area contributed by atoms with Crippen LogP contribution in [-0.4, -0.2) is 52.7 Å². The highest BCUT2D eigenvalue weighted by Gasteiger charge is 2.67. The topological polar surface area (TPSA) is 91.3 Å². The number of cyclic esters (lactones) is 1. The van der Waals surface area contributed by atoms with Gasteiger partial charge in [-0.15, -0.1) is 0 Å². The molecule has 0 radical (unpaired) electrons. The van der Waals surface area contributed by atoms with Crippen molar-refractivity contribution in [3.8, 4) is 0 Å². The molecule has 34 heavy (non-hydrogen) atoms. The quantitative estimate of drug-likeness (QED) is 0.667. The summed E-state index contributed by atoms with van der Waals surface area (Å²) in [4.78, 5) is 41.4. The Bertz CT molecular complexity index is 1190. The van der Waals surface area contributed by atoms with Crippen LogP contribution in [0.15, 0.2) is 65.8 Å². The highest BCUT2D eigenvalue weighted by atomic mass is 32.1. The molecule has 3 atom stereocenters. The van der Waals surface area contributed by atoms with Crippen LogP contribution in [-0.2, 0) is 14.3 Å². The van der Waals surface area contributed by atoms with Crippen molar-refractivity contribution >= 4 is 46.5 Å². The fraction of sp³-hybridized carbons (Fsp3) is 0.320. The lowest BCUT2D eigenvalue weighted by atomic mass is 9.67. The summed E-state index contributed by atoms with van der Waals surface area (Å²) < 4.78 is 4.99. The summed E-state index contributed by atoms with van der Waals surface area (Å²) >= 11 is 5.81. The van der Waals surface area contributed by atoms with Crippen LogP contribution in [0.25, 0.3) is 0 Å². The van der Waals surface area contributed by atoms with Crippen molar-refractivity contribution in [1.29, 1.82) is 0 Å². The minimum absolute atomic E-state index is 0.145. The van der Waals surface area contributed by atoms with Gasteiger partial charge < -0.3 is 10.1 Å². The first kappa shape index (κ1) is 22.2. The minimum Gasteiger partial charge on any atom is -0.447 e. The van der Waals surface area contributed by atoms with Gasteiger partial charge >= 0.3 is 6.09 Å². The second-order valence-electron chi connectivity index (χ2n) is 8.50. The van der Waals surface area contributed by atoms with Gasteiger partial charge in [0, 0.05) is 5.92 Å². The van der Waals surface area contributed by atoms with Crippen LogP contribution < -0.4 is 10.3 Å². The van der Waals surface area contributed by atoms with E-state index in [4.69, 9.17) is 22.1 Å². The van der Waals surface area contributed by atoms with Crippen LogP contribution in [0.3, 0.4) is 0 Å². The highest BCUT2D eigenvalue weighted by Crippen LogP contribution is 2.51. The summed E-state index contributed by atoms with van der Waals surface area (Å²) in [7, 11) is 0. The molecule has 8 nitrogen and oxygen atoms in total. The molecular weight excluding hydrogens is 452 g/mol. The van der Waals surface area contributed by atoms with Gasteiger partial charge in [0.25, 0.3) is 11.8 Å². The predicted molar refractivity (Wildman–Crippen MR) is 130 cm³/mol. The first-order chi connectivity index (χ1) is 16.5. The van der Waals surface area contributed by atoms with E-state index in [9.17, 15) is 14.4 Å². The summed E-state index contributed by atoms with van der Waals surface area (Å²) in [5.74, 6) is -1.43. The van der Waals surface area contributed by atoms with Crippen molar-refractivity contribution in [2.24, 2.45) is 10.5 Å². The third-order valence-electron chi connectivity index (χ3n) is 6.59. The molecule has 2 aromatic carbocycles. The summed E-state index contributed by atoms with van der Waals surface area (Å²) in [6.07, 6.45) is 0.599. The van der Waals surface area contributed by atoms with Crippen molar-refractivity contribution in [3.63, 3.8) is 0 Å². The lowest BCUT2D eigenvalue weighted by Gasteiger charge is -2.32. The first-order valence-electron chi connectivity index (χ1n) is 11.3. The van der Waals surface area contributed by atoms with Crippen LogP contribution in [0.5, 0.6) is 0 Å². The maximum absolute atomic E-state index is 14.2. The predicted octanol–water partition coefficient (Wildman–Crippen LogP) is 3.24. The maximum atomic E-state index is 14.2. The Morgan fingerprint density at radius 3 is 2.44 bits per heavy atom. The minimum atomic E-state index is -1.33. The molecule has 2 saturated heterocycles. The molecule has 174 valence electrons. The number of hydrogen-bond donors (Lipinski definition) is 1. The van der Waals surface area contributed by atoms with Crippen LogP contribution >= 0.6 is 12.2 Å². The molecule has 9 heteroatoms.